The molecule has 15 heavy (non-hydrogen) atoms. The van der Waals surface area contributed by atoms with E-state index in [9.17, 15) is 8.42 Å². The van der Waals surface area contributed by atoms with Crippen LogP contribution in [0.3, 0.4) is 0 Å². The molecule has 1 aromatic heterocycles. The Labute approximate surface area is 89.2 Å². The fourth-order valence-electron chi connectivity index (χ4n) is 0.901. The third-order valence-corrected chi connectivity index (χ3v) is 3.11. The van der Waals surface area contributed by atoms with E-state index >= 15 is 0 Å². The van der Waals surface area contributed by atoms with Gasteiger partial charge in [-0.3, -0.25) is 0 Å². The van der Waals surface area contributed by atoms with Crippen molar-refractivity contribution in [3.05, 3.63) is 12.4 Å². The minimum atomic E-state index is -3.44. The zero-order chi connectivity index (χ0) is 11.3. The minimum Gasteiger partial charge on any atom is -0.354 e. The quantitative estimate of drug-likeness (QED) is 0.755. The van der Waals surface area contributed by atoms with E-state index in [-0.39, 0.29) is 4.90 Å². The van der Waals surface area contributed by atoms with Crippen molar-refractivity contribution in [1.29, 1.82) is 0 Å². The molecule has 0 aliphatic carbocycles. The topological polar surface area (TPSA) is 84.0 Å². The monoisotopic (exact) mass is 230 g/mol. The van der Waals surface area contributed by atoms with Gasteiger partial charge in [0.15, 0.2) is 0 Å². The van der Waals surface area contributed by atoms with Crippen molar-refractivity contribution >= 4 is 16.0 Å². The molecule has 0 radical (unpaired) electrons. The van der Waals surface area contributed by atoms with E-state index in [2.05, 4.69) is 20.0 Å². The lowest BCUT2D eigenvalue weighted by molar-refractivity contribution is 0.587. The van der Waals surface area contributed by atoms with Crippen LogP contribution in [0.2, 0.25) is 0 Å². The fourth-order valence-corrected chi connectivity index (χ4v) is 1.52. The van der Waals surface area contributed by atoms with Gasteiger partial charge in [-0.2, -0.15) is 0 Å². The molecule has 0 saturated carbocycles. The molecule has 0 bridgehead atoms. The highest BCUT2D eigenvalue weighted by Crippen LogP contribution is 2.06. The Morgan fingerprint density at radius 3 is 2.40 bits per heavy atom. The van der Waals surface area contributed by atoms with Gasteiger partial charge < -0.3 is 5.32 Å². The molecule has 84 valence electrons. The second kappa shape index (κ2) is 5.04. The minimum absolute atomic E-state index is 0.0621. The first-order valence-corrected chi connectivity index (χ1v) is 6.08. The van der Waals surface area contributed by atoms with Gasteiger partial charge in [0.2, 0.25) is 16.0 Å². The SMILES string of the molecule is CCCNc1ncc(S(=O)(=O)NC)cn1. The summed E-state index contributed by atoms with van der Waals surface area (Å²) in [6.45, 7) is 2.78. The second-order valence-corrected chi connectivity index (χ2v) is 4.76. The first-order chi connectivity index (χ1) is 7.10. The third kappa shape index (κ3) is 3.14. The van der Waals surface area contributed by atoms with Crippen LogP contribution in [0.15, 0.2) is 17.3 Å². The molecule has 0 fully saturated rings. The van der Waals surface area contributed by atoms with Crippen LogP contribution in [-0.4, -0.2) is 32.0 Å². The molecule has 1 heterocycles. The standard InChI is InChI=1S/C8H14N4O2S/c1-3-4-10-8-11-5-7(6-12-8)15(13,14)9-2/h5-6,9H,3-4H2,1-2H3,(H,10,11,12). The van der Waals surface area contributed by atoms with Gasteiger partial charge in [0.25, 0.3) is 0 Å². The molecule has 6 nitrogen and oxygen atoms in total. The fraction of sp³-hybridized carbons (Fsp3) is 0.500. The van der Waals surface area contributed by atoms with Gasteiger partial charge in [-0.15, -0.1) is 0 Å². The molecule has 0 atom stereocenters. The summed E-state index contributed by atoms with van der Waals surface area (Å²) in [6, 6.07) is 0. The maximum Gasteiger partial charge on any atom is 0.243 e. The lowest BCUT2D eigenvalue weighted by Crippen LogP contribution is -2.19. The number of rotatable bonds is 5. The van der Waals surface area contributed by atoms with Crippen LogP contribution in [0.1, 0.15) is 13.3 Å². The largest absolute Gasteiger partial charge is 0.354 e. The number of aromatic nitrogens is 2. The van der Waals surface area contributed by atoms with E-state index in [0.29, 0.717) is 5.95 Å². The molecule has 7 heteroatoms. The third-order valence-electron chi connectivity index (χ3n) is 1.74. The Bertz CT molecular complexity index is 401. The molecule has 0 aliphatic rings. The first-order valence-electron chi connectivity index (χ1n) is 4.59. The Kier molecular flexibility index (Phi) is 3.98. The van der Waals surface area contributed by atoms with Gasteiger partial charge in [-0.25, -0.2) is 23.1 Å². The Hall–Kier alpha value is -1.21. The van der Waals surface area contributed by atoms with E-state index in [0.717, 1.165) is 13.0 Å². The van der Waals surface area contributed by atoms with E-state index in [1.54, 1.807) is 0 Å². The predicted octanol–water partition coefficient (Wildman–Crippen LogP) is 0.207. The zero-order valence-corrected chi connectivity index (χ0v) is 9.50. The highest BCUT2D eigenvalue weighted by molar-refractivity contribution is 7.89. The summed E-state index contributed by atoms with van der Waals surface area (Å²) in [4.78, 5) is 7.84. The lowest BCUT2D eigenvalue weighted by Gasteiger charge is -2.04. The number of hydrogen-bond acceptors (Lipinski definition) is 5. The van der Waals surface area contributed by atoms with Crippen molar-refractivity contribution < 1.29 is 8.42 Å². The molecule has 0 saturated heterocycles. The summed E-state index contributed by atoms with van der Waals surface area (Å²) in [6.07, 6.45) is 3.51. The van der Waals surface area contributed by atoms with Crippen molar-refractivity contribution in [2.45, 2.75) is 18.2 Å². The van der Waals surface area contributed by atoms with Crippen LogP contribution >= 0.6 is 0 Å². The van der Waals surface area contributed by atoms with Crippen molar-refractivity contribution in [3.8, 4) is 0 Å². The summed E-state index contributed by atoms with van der Waals surface area (Å²) in [5.41, 5.74) is 0. The van der Waals surface area contributed by atoms with Gasteiger partial charge in [0.1, 0.15) is 4.90 Å². The molecule has 1 rings (SSSR count). The average molecular weight is 230 g/mol. The predicted molar refractivity (Wildman–Crippen MR) is 57.1 cm³/mol. The maximum atomic E-state index is 11.3. The zero-order valence-electron chi connectivity index (χ0n) is 8.69. The highest BCUT2D eigenvalue weighted by atomic mass is 32.2. The smallest absolute Gasteiger partial charge is 0.243 e. The van der Waals surface area contributed by atoms with Crippen LogP contribution in [0.25, 0.3) is 0 Å². The number of hydrogen-bond donors (Lipinski definition) is 2. The van der Waals surface area contributed by atoms with Crippen LogP contribution in [0.5, 0.6) is 0 Å². The highest BCUT2D eigenvalue weighted by Gasteiger charge is 2.11. The summed E-state index contributed by atoms with van der Waals surface area (Å²) in [7, 11) is -2.09. The van der Waals surface area contributed by atoms with Gasteiger partial charge in [0, 0.05) is 6.54 Å². The van der Waals surface area contributed by atoms with E-state index < -0.39 is 10.0 Å². The van der Waals surface area contributed by atoms with E-state index in [1.165, 1.54) is 19.4 Å². The molecule has 0 amide bonds. The van der Waals surface area contributed by atoms with Crippen LogP contribution < -0.4 is 10.0 Å². The first kappa shape index (κ1) is 11.9. The van der Waals surface area contributed by atoms with E-state index in [4.69, 9.17) is 0 Å². The lowest BCUT2D eigenvalue weighted by atomic mass is 10.5. The second-order valence-electron chi connectivity index (χ2n) is 2.88. The molecule has 0 spiro atoms. The number of nitrogens with zero attached hydrogens (tertiary/aromatic N) is 2. The number of nitrogens with one attached hydrogen (secondary N) is 2. The Morgan fingerprint density at radius 1 is 1.33 bits per heavy atom. The molecular formula is C8H14N4O2S. The Morgan fingerprint density at radius 2 is 1.93 bits per heavy atom. The van der Waals surface area contributed by atoms with Gasteiger partial charge in [-0.1, -0.05) is 6.92 Å². The van der Waals surface area contributed by atoms with Gasteiger partial charge in [0.05, 0.1) is 12.4 Å². The molecule has 0 aromatic carbocycles. The van der Waals surface area contributed by atoms with Gasteiger partial charge in [-0.05, 0) is 13.5 Å². The molecule has 2 N–H and O–H groups in total. The summed E-state index contributed by atoms with van der Waals surface area (Å²) < 4.78 is 24.8. The number of anilines is 1. The molecule has 0 unspecified atom stereocenters. The summed E-state index contributed by atoms with van der Waals surface area (Å²) in [5.74, 6) is 0.437. The summed E-state index contributed by atoms with van der Waals surface area (Å²) in [5, 5.41) is 2.95. The van der Waals surface area contributed by atoms with Crippen LogP contribution in [0, 0.1) is 0 Å². The summed E-state index contributed by atoms with van der Waals surface area (Å²) >= 11 is 0. The molecular weight excluding hydrogens is 216 g/mol. The van der Waals surface area contributed by atoms with Crippen molar-refractivity contribution in [3.63, 3.8) is 0 Å². The Balaban J connectivity index is 2.81. The van der Waals surface area contributed by atoms with E-state index in [1.807, 2.05) is 6.92 Å². The maximum absolute atomic E-state index is 11.3. The molecule has 1 aromatic rings. The van der Waals surface area contributed by atoms with Crippen molar-refractivity contribution in [2.75, 3.05) is 18.9 Å². The normalized spacial score (nSPS) is 11.3. The van der Waals surface area contributed by atoms with Crippen molar-refractivity contribution in [2.24, 2.45) is 0 Å². The van der Waals surface area contributed by atoms with Crippen LogP contribution in [0.4, 0.5) is 5.95 Å². The average Bonchev–Trinajstić information content (AvgIpc) is 2.27. The van der Waals surface area contributed by atoms with Crippen molar-refractivity contribution in [1.82, 2.24) is 14.7 Å². The number of sulfonamides is 1. The molecule has 0 aliphatic heterocycles. The van der Waals surface area contributed by atoms with Gasteiger partial charge >= 0.3 is 0 Å². The van der Waals surface area contributed by atoms with Crippen LogP contribution in [-0.2, 0) is 10.0 Å².